The van der Waals surface area contributed by atoms with Gasteiger partial charge in [0.15, 0.2) is 0 Å². The summed E-state index contributed by atoms with van der Waals surface area (Å²) in [7, 11) is 0. The molecule has 0 saturated carbocycles. The van der Waals surface area contributed by atoms with Crippen molar-refractivity contribution in [3.05, 3.63) is 64.9 Å². The molecule has 1 saturated heterocycles. The quantitative estimate of drug-likeness (QED) is 0.912. The number of anilines is 1. The first kappa shape index (κ1) is 14.4. The third-order valence-electron chi connectivity index (χ3n) is 3.81. The van der Waals surface area contributed by atoms with Gasteiger partial charge in [-0.3, -0.25) is 4.90 Å². The van der Waals surface area contributed by atoms with Gasteiger partial charge < -0.3 is 5.32 Å². The number of benzene rings is 2. The largest absolute Gasteiger partial charge is 0.380 e. The Morgan fingerprint density at radius 3 is 2.81 bits per heavy atom. The van der Waals surface area contributed by atoms with Crippen LogP contribution in [0, 0.1) is 5.82 Å². The van der Waals surface area contributed by atoms with Gasteiger partial charge in [-0.1, -0.05) is 41.9 Å². The summed E-state index contributed by atoms with van der Waals surface area (Å²) in [6.07, 6.45) is 1.04. The molecule has 2 aromatic rings. The Morgan fingerprint density at radius 2 is 2.00 bits per heavy atom. The summed E-state index contributed by atoms with van der Waals surface area (Å²) in [5, 5.41) is 3.92. The van der Waals surface area contributed by atoms with Crippen molar-refractivity contribution in [2.24, 2.45) is 0 Å². The molecule has 1 fully saturated rings. The highest BCUT2D eigenvalue weighted by molar-refractivity contribution is 6.33. The molecule has 0 spiro atoms. The van der Waals surface area contributed by atoms with Crippen molar-refractivity contribution in [3.8, 4) is 0 Å². The van der Waals surface area contributed by atoms with Gasteiger partial charge in [-0.15, -0.1) is 0 Å². The van der Waals surface area contributed by atoms with Crippen LogP contribution in [0.15, 0.2) is 48.5 Å². The fourth-order valence-electron chi connectivity index (χ4n) is 2.76. The van der Waals surface area contributed by atoms with E-state index in [1.807, 2.05) is 6.07 Å². The van der Waals surface area contributed by atoms with Gasteiger partial charge in [0.25, 0.3) is 0 Å². The SMILES string of the molecule is Fc1ccc(Cl)c(NC2CCN(Cc3ccccc3)C2)c1. The number of hydrogen-bond donors (Lipinski definition) is 1. The highest BCUT2D eigenvalue weighted by Gasteiger charge is 2.22. The highest BCUT2D eigenvalue weighted by atomic mass is 35.5. The van der Waals surface area contributed by atoms with Crippen LogP contribution in [-0.2, 0) is 6.54 Å². The third-order valence-corrected chi connectivity index (χ3v) is 4.14. The van der Waals surface area contributed by atoms with Gasteiger partial charge >= 0.3 is 0 Å². The van der Waals surface area contributed by atoms with Gasteiger partial charge in [0.2, 0.25) is 0 Å². The summed E-state index contributed by atoms with van der Waals surface area (Å²) in [6, 6.07) is 15.2. The van der Waals surface area contributed by atoms with Gasteiger partial charge in [0.1, 0.15) is 5.82 Å². The lowest BCUT2D eigenvalue weighted by Gasteiger charge is -2.18. The molecule has 3 rings (SSSR count). The molecule has 110 valence electrons. The summed E-state index contributed by atoms with van der Waals surface area (Å²) in [5.74, 6) is -0.263. The molecule has 0 aromatic heterocycles. The van der Waals surface area contributed by atoms with Gasteiger partial charge in [0, 0.05) is 25.7 Å². The van der Waals surface area contributed by atoms with E-state index >= 15 is 0 Å². The van der Waals surface area contributed by atoms with Crippen LogP contribution < -0.4 is 5.32 Å². The molecule has 0 amide bonds. The Morgan fingerprint density at radius 1 is 1.19 bits per heavy atom. The van der Waals surface area contributed by atoms with E-state index < -0.39 is 0 Å². The summed E-state index contributed by atoms with van der Waals surface area (Å²) in [6.45, 7) is 2.94. The predicted molar refractivity (Wildman–Crippen MR) is 85.2 cm³/mol. The number of halogens is 2. The molecular formula is C17H18ClFN2. The van der Waals surface area contributed by atoms with E-state index in [9.17, 15) is 4.39 Å². The van der Waals surface area contributed by atoms with Crippen molar-refractivity contribution < 1.29 is 4.39 Å². The molecule has 1 N–H and O–H groups in total. The lowest BCUT2D eigenvalue weighted by molar-refractivity contribution is 0.328. The second kappa shape index (κ2) is 6.46. The van der Waals surface area contributed by atoms with Crippen LogP contribution in [0.5, 0.6) is 0 Å². The lowest BCUT2D eigenvalue weighted by Crippen LogP contribution is -2.26. The molecule has 1 heterocycles. The Labute approximate surface area is 129 Å². The van der Waals surface area contributed by atoms with Gasteiger partial charge in [0.05, 0.1) is 10.7 Å². The van der Waals surface area contributed by atoms with Crippen LogP contribution in [0.3, 0.4) is 0 Å². The maximum absolute atomic E-state index is 13.3. The molecule has 1 atom stereocenters. The molecule has 1 aliphatic rings. The average molecular weight is 305 g/mol. The fraction of sp³-hybridized carbons (Fsp3) is 0.294. The van der Waals surface area contributed by atoms with E-state index in [4.69, 9.17) is 11.6 Å². The molecule has 1 aliphatic heterocycles. The zero-order valence-corrected chi connectivity index (χ0v) is 12.5. The molecular weight excluding hydrogens is 287 g/mol. The van der Waals surface area contributed by atoms with Gasteiger partial charge in [-0.05, 0) is 30.2 Å². The first-order valence-corrected chi connectivity index (χ1v) is 7.56. The first-order valence-electron chi connectivity index (χ1n) is 7.18. The molecule has 0 aliphatic carbocycles. The van der Waals surface area contributed by atoms with Crippen molar-refractivity contribution in [1.29, 1.82) is 0 Å². The molecule has 2 nitrogen and oxygen atoms in total. The van der Waals surface area contributed by atoms with Crippen molar-refractivity contribution >= 4 is 17.3 Å². The summed E-state index contributed by atoms with van der Waals surface area (Å²) in [4.78, 5) is 2.40. The van der Waals surface area contributed by atoms with Crippen molar-refractivity contribution in [3.63, 3.8) is 0 Å². The predicted octanol–water partition coefficient (Wildman–Crippen LogP) is 4.17. The van der Waals surface area contributed by atoms with Crippen LogP contribution >= 0.6 is 11.6 Å². The normalized spacial score (nSPS) is 18.9. The average Bonchev–Trinajstić information content (AvgIpc) is 2.91. The number of likely N-dealkylation sites (tertiary alicyclic amines) is 1. The Balaban J connectivity index is 1.58. The zero-order chi connectivity index (χ0) is 14.7. The maximum atomic E-state index is 13.3. The lowest BCUT2D eigenvalue weighted by atomic mass is 10.2. The molecule has 0 radical (unpaired) electrons. The molecule has 1 unspecified atom stereocenters. The molecule has 2 aromatic carbocycles. The van der Waals surface area contributed by atoms with E-state index in [2.05, 4.69) is 34.5 Å². The summed E-state index contributed by atoms with van der Waals surface area (Å²) in [5.41, 5.74) is 2.00. The van der Waals surface area contributed by atoms with Crippen molar-refractivity contribution in [1.82, 2.24) is 4.90 Å². The second-order valence-corrected chi connectivity index (χ2v) is 5.88. The second-order valence-electron chi connectivity index (χ2n) is 5.47. The minimum atomic E-state index is -0.263. The Bertz CT molecular complexity index is 603. The van der Waals surface area contributed by atoms with Crippen LogP contribution in [0.2, 0.25) is 5.02 Å². The van der Waals surface area contributed by atoms with Crippen LogP contribution in [0.25, 0.3) is 0 Å². The standard InChI is InChI=1S/C17H18ClFN2/c18-16-7-6-14(19)10-17(16)20-15-8-9-21(12-15)11-13-4-2-1-3-5-13/h1-7,10,15,20H,8-9,11-12H2. The minimum absolute atomic E-state index is 0.263. The zero-order valence-electron chi connectivity index (χ0n) is 11.7. The number of nitrogens with zero attached hydrogens (tertiary/aromatic N) is 1. The molecule has 4 heteroatoms. The van der Waals surface area contributed by atoms with E-state index in [0.717, 1.165) is 26.1 Å². The molecule has 0 bridgehead atoms. The summed E-state index contributed by atoms with van der Waals surface area (Å²) >= 11 is 6.10. The minimum Gasteiger partial charge on any atom is -0.380 e. The number of nitrogens with one attached hydrogen (secondary N) is 1. The van der Waals surface area contributed by atoms with Gasteiger partial charge in [-0.2, -0.15) is 0 Å². The van der Waals surface area contributed by atoms with E-state index in [1.165, 1.54) is 17.7 Å². The fourth-order valence-corrected chi connectivity index (χ4v) is 2.94. The Kier molecular flexibility index (Phi) is 4.42. The molecule has 21 heavy (non-hydrogen) atoms. The number of rotatable bonds is 4. The summed E-state index contributed by atoms with van der Waals surface area (Å²) < 4.78 is 13.3. The van der Waals surface area contributed by atoms with Crippen molar-refractivity contribution in [2.75, 3.05) is 18.4 Å². The first-order chi connectivity index (χ1) is 10.2. The number of hydrogen-bond acceptors (Lipinski definition) is 2. The smallest absolute Gasteiger partial charge is 0.125 e. The third kappa shape index (κ3) is 3.74. The monoisotopic (exact) mass is 304 g/mol. The van der Waals surface area contributed by atoms with E-state index in [0.29, 0.717) is 16.8 Å². The van der Waals surface area contributed by atoms with Crippen LogP contribution in [-0.4, -0.2) is 24.0 Å². The highest BCUT2D eigenvalue weighted by Crippen LogP contribution is 2.25. The maximum Gasteiger partial charge on any atom is 0.125 e. The van der Waals surface area contributed by atoms with Gasteiger partial charge in [-0.25, -0.2) is 4.39 Å². The Hall–Kier alpha value is -1.58. The van der Waals surface area contributed by atoms with Crippen LogP contribution in [0.4, 0.5) is 10.1 Å². The topological polar surface area (TPSA) is 15.3 Å². The van der Waals surface area contributed by atoms with Crippen LogP contribution in [0.1, 0.15) is 12.0 Å². The van der Waals surface area contributed by atoms with Crippen molar-refractivity contribution in [2.45, 2.75) is 19.0 Å². The van der Waals surface area contributed by atoms with E-state index in [-0.39, 0.29) is 5.82 Å². The van der Waals surface area contributed by atoms with E-state index in [1.54, 1.807) is 6.07 Å².